The minimum atomic E-state index is -0.371. The molecule has 2 N–H and O–H groups in total. The van der Waals surface area contributed by atoms with Crippen LogP contribution in [0.5, 0.6) is 0 Å². The van der Waals surface area contributed by atoms with E-state index in [1.54, 1.807) is 6.92 Å². The number of hydrogen-bond donors (Lipinski definition) is 1. The number of carbonyl (C=O) groups excluding carboxylic acids is 1. The van der Waals surface area contributed by atoms with Gasteiger partial charge in [-0.3, -0.25) is 4.79 Å². The van der Waals surface area contributed by atoms with Gasteiger partial charge in [-0.15, -0.1) is 0 Å². The normalized spacial score (nSPS) is 24.1. The van der Waals surface area contributed by atoms with Crippen LogP contribution in [0.4, 0.5) is 0 Å². The summed E-state index contributed by atoms with van der Waals surface area (Å²) in [5.74, 6) is 0.699. The smallest absolute Gasteiger partial charge is 0.239 e. The molecule has 1 heterocycles. The molecular formula is C11H23N3O. The van der Waals surface area contributed by atoms with Gasteiger partial charge in [-0.1, -0.05) is 0 Å². The van der Waals surface area contributed by atoms with E-state index >= 15 is 0 Å². The molecule has 88 valence electrons. The quantitative estimate of drug-likeness (QED) is 0.722. The Bertz CT molecular complexity index is 218. The van der Waals surface area contributed by atoms with Gasteiger partial charge in [-0.2, -0.15) is 0 Å². The molecule has 15 heavy (non-hydrogen) atoms. The Kier molecular flexibility index (Phi) is 4.54. The van der Waals surface area contributed by atoms with Crippen molar-refractivity contribution >= 4 is 5.91 Å². The zero-order valence-corrected chi connectivity index (χ0v) is 10.1. The van der Waals surface area contributed by atoms with Crippen LogP contribution >= 0.6 is 0 Å². The van der Waals surface area contributed by atoms with E-state index in [0.29, 0.717) is 5.92 Å². The third-order valence-corrected chi connectivity index (χ3v) is 3.05. The van der Waals surface area contributed by atoms with Crippen molar-refractivity contribution in [1.29, 1.82) is 0 Å². The van der Waals surface area contributed by atoms with E-state index in [4.69, 9.17) is 5.73 Å². The summed E-state index contributed by atoms with van der Waals surface area (Å²) in [4.78, 5) is 15.9. The Morgan fingerprint density at radius 3 is 2.73 bits per heavy atom. The summed E-state index contributed by atoms with van der Waals surface area (Å²) in [5.41, 5.74) is 5.61. The first-order chi connectivity index (χ1) is 7.04. The van der Waals surface area contributed by atoms with Crippen molar-refractivity contribution in [2.75, 3.05) is 33.2 Å². The lowest BCUT2D eigenvalue weighted by atomic mass is 10.1. The minimum Gasteiger partial charge on any atom is -0.341 e. The summed E-state index contributed by atoms with van der Waals surface area (Å²) in [6.07, 6.45) is 1.19. The molecule has 2 atom stereocenters. The average Bonchev–Trinajstić information content (AvgIpc) is 2.59. The fourth-order valence-corrected chi connectivity index (χ4v) is 2.15. The Hall–Kier alpha value is -0.610. The van der Waals surface area contributed by atoms with E-state index in [1.165, 1.54) is 6.42 Å². The van der Waals surface area contributed by atoms with E-state index < -0.39 is 0 Å². The lowest BCUT2D eigenvalue weighted by Crippen LogP contribution is -2.44. The maximum absolute atomic E-state index is 11.7. The zero-order chi connectivity index (χ0) is 11.4. The van der Waals surface area contributed by atoms with Gasteiger partial charge >= 0.3 is 0 Å². The first-order valence-corrected chi connectivity index (χ1v) is 5.77. The number of amides is 1. The Balaban J connectivity index is 2.43. The molecule has 1 aliphatic rings. The third-order valence-electron chi connectivity index (χ3n) is 3.05. The summed E-state index contributed by atoms with van der Waals surface area (Å²) in [6.45, 7) is 7.64. The van der Waals surface area contributed by atoms with Gasteiger partial charge in [-0.25, -0.2) is 0 Å². The molecule has 0 aromatic heterocycles. The molecule has 0 radical (unpaired) electrons. The molecule has 1 fully saturated rings. The van der Waals surface area contributed by atoms with Crippen LogP contribution < -0.4 is 5.73 Å². The van der Waals surface area contributed by atoms with Gasteiger partial charge in [0.2, 0.25) is 5.91 Å². The van der Waals surface area contributed by atoms with Gasteiger partial charge < -0.3 is 15.5 Å². The van der Waals surface area contributed by atoms with Crippen LogP contribution in [0.2, 0.25) is 0 Å². The molecule has 0 aromatic rings. The number of nitrogens with two attached hydrogens (primary N) is 1. The minimum absolute atomic E-state index is 0.0760. The largest absolute Gasteiger partial charge is 0.341 e. The predicted octanol–water partition coefficient (Wildman–Crippen LogP) is 0.134. The molecule has 0 bridgehead atoms. The summed E-state index contributed by atoms with van der Waals surface area (Å²) >= 11 is 0. The second kappa shape index (κ2) is 5.47. The van der Waals surface area contributed by atoms with E-state index in [9.17, 15) is 4.79 Å². The molecule has 0 saturated carbocycles. The first kappa shape index (κ1) is 12.5. The van der Waals surface area contributed by atoms with Gasteiger partial charge in [0.1, 0.15) is 0 Å². The van der Waals surface area contributed by atoms with Gasteiger partial charge in [0.25, 0.3) is 0 Å². The van der Waals surface area contributed by atoms with Crippen LogP contribution in [-0.4, -0.2) is 55.0 Å². The van der Waals surface area contributed by atoms with Crippen molar-refractivity contribution in [3.8, 4) is 0 Å². The highest BCUT2D eigenvalue weighted by molar-refractivity contribution is 5.81. The van der Waals surface area contributed by atoms with Crippen molar-refractivity contribution in [3.63, 3.8) is 0 Å². The standard InChI is InChI=1S/C11H23N3O/c1-4-14(11(15)9(2)12)8-10-5-6-13(3)7-10/h9-10H,4-8,12H2,1-3H3. The fraction of sp³-hybridized carbons (Fsp3) is 0.909. The summed E-state index contributed by atoms with van der Waals surface area (Å²) in [6, 6.07) is -0.371. The SMILES string of the molecule is CCN(CC1CCN(C)C1)C(=O)C(C)N. The Morgan fingerprint density at radius 2 is 2.33 bits per heavy atom. The summed E-state index contributed by atoms with van der Waals surface area (Å²) in [5, 5.41) is 0. The number of hydrogen-bond acceptors (Lipinski definition) is 3. The van der Waals surface area contributed by atoms with E-state index in [-0.39, 0.29) is 11.9 Å². The molecule has 0 spiro atoms. The number of rotatable bonds is 4. The van der Waals surface area contributed by atoms with E-state index in [1.807, 2.05) is 11.8 Å². The Morgan fingerprint density at radius 1 is 1.67 bits per heavy atom. The molecule has 4 nitrogen and oxygen atoms in total. The molecule has 2 unspecified atom stereocenters. The number of likely N-dealkylation sites (N-methyl/N-ethyl adjacent to an activating group) is 1. The fourth-order valence-electron chi connectivity index (χ4n) is 2.15. The predicted molar refractivity (Wildman–Crippen MR) is 61.5 cm³/mol. The highest BCUT2D eigenvalue weighted by Gasteiger charge is 2.24. The maximum Gasteiger partial charge on any atom is 0.239 e. The molecular weight excluding hydrogens is 190 g/mol. The lowest BCUT2D eigenvalue weighted by Gasteiger charge is -2.25. The first-order valence-electron chi connectivity index (χ1n) is 5.77. The van der Waals surface area contributed by atoms with Gasteiger partial charge in [0.15, 0.2) is 0 Å². The molecule has 1 amide bonds. The topological polar surface area (TPSA) is 49.6 Å². The summed E-state index contributed by atoms with van der Waals surface area (Å²) in [7, 11) is 2.13. The van der Waals surface area contributed by atoms with E-state index in [0.717, 1.165) is 26.2 Å². The van der Waals surface area contributed by atoms with Crippen LogP contribution in [-0.2, 0) is 4.79 Å². The van der Waals surface area contributed by atoms with Crippen molar-refractivity contribution in [1.82, 2.24) is 9.80 Å². The summed E-state index contributed by atoms with van der Waals surface area (Å²) < 4.78 is 0. The van der Waals surface area contributed by atoms with Crippen molar-refractivity contribution in [2.45, 2.75) is 26.3 Å². The van der Waals surface area contributed by atoms with Gasteiger partial charge in [0, 0.05) is 19.6 Å². The maximum atomic E-state index is 11.7. The van der Waals surface area contributed by atoms with Crippen LogP contribution in [0, 0.1) is 5.92 Å². The molecule has 0 aromatic carbocycles. The Labute approximate surface area is 92.4 Å². The van der Waals surface area contributed by atoms with Crippen LogP contribution in [0.25, 0.3) is 0 Å². The lowest BCUT2D eigenvalue weighted by molar-refractivity contribution is -0.132. The van der Waals surface area contributed by atoms with Crippen molar-refractivity contribution in [2.24, 2.45) is 11.7 Å². The molecule has 0 aliphatic carbocycles. The van der Waals surface area contributed by atoms with Crippen LogP contribution in [0.1, 0.15) is 20.3 Å². The van der Waals surface area contributed by atoms with Crippen molar-refractivity contribution in [3.05, 3.63) is 0 Å². The average molecular weight is 213 g/mol. The van der Waals surface area contributed by atoms with Crippen LogP contribution in [0.3, 0.4) is 0 Å². The third kappa shape index (κ3) is 3.47. The molecule has 4 heteroatoms. The molecule has 1 saturated heterocycles. The number of likely N-dealkylation sites (tertiary alicyclic amines) is 1. The second-order valence-electron chi connectivity index (χ2n) is 4.58. The highest BCUT2D eigenvalue weighted by Crippen LogP contribution is 2.15. The number of carbonyl (C=O) groups is 1. The molecule has 1 aliphatic heterocycles. The van der Waals surface area contributed by atoms with Crippen LogP contribution in [0.15, 0.2) is 0 Å². The monoisotopic (exact) mass is 213 g/mol. The number of nitrogens with zero attached hydrogens (tertiary/aromatic N) is 2. The molecule has 1 rings (SSSR count). The van der Waals surface area contributed by atoms with Gasteiger partial charge in [0.05, 0.1) is 6.04 Å². The highest BCUT2D eigenvalue weighted by atomic mass is 16.2. The van der Waals surface area contributed by atoms with Gasteiger partial charge in [-0.05, 0) is 39.8 Å². The second-order valence-corrected chi connectivity index (χ2v) is 4.58. The van der Waals surface area contributed by atoms with Crippen molar-refractivity contribution < 1.29 is 4.79 Å². The zero-order valence-electron chi connectivity index (χ0n) is 10.1. The van der Waals surface area contributed by atoms with E-state index in [2.05, 4.69) is 11.9 Å².